The van der Waals surface area contributed by atoms with Gasteiger partial charge in [-0.1, -0.05) is 178 Å². The fourth-order valence-corrected chi connectivity index (χ4v) is 11.9. The zero-order valence-corrected chi connectivity index (χ0v) is 37.2. The van der Waals surface area contributed by atoms with Crippen LogP contribution in [-0.2, 0) is 5.41 Å². The standard InChI is InChI=1S/C64H43NO2/c1-37-34-39(40-22-13-30-57-61(40)62-47(24-15-31-58(62)67-57)46-23-14-29-56-60(46)50-21-9-11-28-55(50)66-56)36-54(49-25-12-27-53-59(49)48-20-8-10-26-52(48)64(53,2)3)65-63(37)38-32-33-45-43-18-5-4-16-41(43)42-17-6-7-19-44(42)51(45)35-38/h4-33,35-36,63H,1,34H2,2-3H3. The molecule has 0 spiro atoms. The Hall–Kier alpha value is -8.27. The molecule has 1 aliphatic heterocycles. The zero-order valence-electron chi connectivity index (χ0n) is 37.2. The van der Waals surface area contributed by atoms with Gasteiger partial charge in [0.15, 0.2) is 0 Å². The van der Waals surface area contributed by atoms with Crippen LogP contribution in [0.2, 0.25) is 0 Å². The molecular formula is C64H43NO2. The summed E-state index contributed by atoms with van der Waals surface area (Å²) in [5, 5.41) is 11.9. The molecule has 0 bridgehead atoms. The first-order valence-corrected chi connectivity index (χ1v) is 23.3. The van der Waals surface area contributed by atoms with E-state index in [1.54, 1.807) is 0 Å². The minimum Gasteiger partial charge on any atom is -0.456 e. The van der Waals surface area contributed by atoms with Crippen molar-refractivity contribution < 1.29 is 8.83 Å². The Kier molecular flexibility index (Phi) is 8.01. The van der Waals surface area contributed by atoms with E-state index in [1.165, 1.54) is 54.6 Å². The first-order valence-electron chi connectivity index (χ1n) is 23.3. The molecule has 0 N–H and O–H groups in total. The fraction of sp³-hybridized carbons (Fsp3) is 0.0781. The molecule has 1 aliphatic carbocycles. The van der Waals surface area contributed by atoms with Crippen LogP contribution in [0.1, 0.15) is 54.1 Å². The van der Waals surface area contributed by atoms with Crippen molar-refractivity contribution >= 4 is 87.5 Å². The molecule has 3 nitrogen and oxygen atoms in total. The Bertz CT molecular complexity index is 4150. The molecule has 0 amide bonds. The van der Waals surface area contributed by atoms with E-state index < -0.39 is 0 Å². The molecule has 67 heavy (non-hydrogen) atoms. The van der Waals surface area contributed by atoms with Gasteiger partial charge in [-0.3, -0.25) is 4.99 Å². The molecule has 12 aromatic rings. The highest BCUT2D eigenvalue weighted by Crippen LogP contribution is 2.52. The summed E-state index contributed by atoms with van der Waals surface area (Å²) in [7, 11) is 0. The van der Waals surface area contributed by atoms with Crippen LogP contribution < -0.4 is 0 Å². The molecule has 3 heterocycles. The highest BCUT2D eigenvalue weighted by molar-refractivity contribution is 6.26. The van der Waals surface area contributed by atoms with Crippen molar-refractivity contribution in [2.24, 2.45) is 4.99 Å². The van der Waals surface area contributed by atoms with Crippen molar-refractivity contribution in [2.45, 2.75) is 31.7 Å². The lowest BCUT2D eigenvalue weighted by molar-refractivity contribution is 0.660. The number of hydrogen-bond acceptors (Lipinski definition) is 3. The van der Waals surface area contributed by atoms with E-state index in [1.807, 2.05) is 12.1 Å². The lowest BCUT2D eigenvalue weighted by atomic mass is 9.82. The molecule has 1 unspecified atom stereocenters. The van der Waals surface area contributed by atoms with Gasteiger partial charge in [-0.15, -0.1) is 0 Å². The number of nitrogens with zero attached hydrogens (tertiary/aromatic N) is 1. The van der Waals surface area contributed by atoms with E-state index >= 15 is 0 Å². The second kappa shape index (κ2) is 14.1. The van der Waals surface area contributed by atoms with Crippen LogP contribution in [0, 0.1) is 0 Å². The normalized spacial score (nSPS) is 15.7. The van der Waals surface area contributed by atoms with Gasteiger partial charge >= 0.3 is 0 Å². The fourth-order valence-electron chi connectivity index (χ4n) is 11.9. The molecule has 0 saturated carbocycles. The summed E-state index contributed by atoms with van der Waals surface area (Å²) in [6, 6.07) is 67.6. The van der Waals surface area contributed by atoms with Gasteiger partial charge in [0.25, 0.3) is 0 Å². The lowest BCUT2D eigenvalue weighted by Gasteiger charge is -2.21. The van der Waals surface area contributed by atoms with Crippen LogP contribution >= 0.6 is 0 Å². The van der Waals surface area contributed by atoms with Crippen molar-refractivity contribution in [3.63, 3.8) is 0 Å². The summed E-state index contributed by atoms with van der Waals surface area (Å²) in [6.07, 6.45) is 2.99. The number of para-hydroxylation sites is 1. The summed E-state index contributed by atoms with van der Waals surface area (Å²) < 4.78 is 13.2. The van der Waals surface area contributed by atoms with Gasteiger partial charge in [-0.05, 0) is 131 Å². The van der Waals surface area contributed by atoms with Gasteiger partial charge in [0.2, 0.25) is 0 Å². The predicted octanol–water partition coefficient (Wildman–Crippen LogP) is 17.5. The number of benzene rings is 10. The molecule has 0 saturated heterocycles. The van der Waals surface area contributed by atoms with Crippen molar-refractivity contribution in [1.29, 1.82) is 0 Å². The van der Waals surface area contributed by atoms with Crippen molar-refractivity contribution in [1.82, 2.24) is 0 Å². The first-order chi connectivity index (χ1) is 32.9. The summed E-state index contributed by atoms with van der Waals surface area (Å²) in [6.45, 7) is 9.63. The Morgan fingerprint density at radius 2 is 0.940 bits per heavy atom. The van der Waals surface area contributed by atoms with Gasteiger partial charge in [-0.25, -0.2) is 0 Å². The van der Waals surface area contributed by atoms with Crippen molar-refractivity contribution in [3.05, 3.63) is 234 Å². The quantitative estimate of drug-likeness (QED) is 0.131. The largest absolute Gasteiger partial charge is 0.456 e. The van der Waals surface area contributed by atoms with Gasteiger partial charge in [-0.2, -0.15) is 0 Å². The lowest BCUT2D eigenvalue weighted by Crippen LogP contribution is -2.15. The van der Waals surface area contributed by atoms with E-state index in [4.69, 9.17) is 20.4 Å². The third kappa shape index (κ3) is 5.49. The predicted molar refractivity (Wildman–Crippen MR) is 280 cm³/mol. The van der Waals surface area contributed by atoms with Crippen LogP contribution in [0.15, 0.2) is 220 Å². The summed E-state index contributed by atoms with van der Waals surface area (Å²) in [4.78, 5) is 5.88. The maximum Gasteiger partial charge on any atom is 0.136 e. The average Bonchev–Trinajstić information content (AvgIpc) is 3.98. The number of rotatable bonds is 4. The van der Waals surface area contributed by atoms with Crippen LogP contribution in [0.4, 0.5) is 0 Å². The van der Waals surface area contributed by atoms with E-state index in [2.05, 4.69) is 196 Å². The number of hydrogen-bond donors (Lipinski definition) is 0. The molecule has 10 aromatic carbocycles. The zero-order chi connectivity index (χ0) is 44.5. The third-order valence-electron chi connectivity index (χ3n) is 14.9. The molecule has 0 radical (unpaired) electrons. The number of fused-ring (bicyclic) bond motifs is 15. The Labute approximate surface area is 387 Å². The van der Waals surface area contributed by atoms with Crippen LogP contribution in [0.5, 0.6) is 0 Å². The van der Waals surface area contributed by atoms with Crippen molar-refractivity contribution in [2.75, 3.05) is 0 Å². The SMILES string of the molecule is C=C1CC(c2cccc3oc4cccc(-c5cccc6oc7ccccc7c56)c4c23)=CC(c2cccc3c2-c2ccccc2C3(C)C)=NC1c1ccc2c3ccccc3c3ccccc3c2c1. The Balaban J connectivity index is 1.01. The van der Waals surface area contributed by atoms with E-state index in [0.717, 1.165) is 88.6 Å². The highest BCUT2D eigenvalue weighted by Gasteiger charge is 2.37. The van der Waals surface area contributed by atoms with Crippen LogP contribution in [-0.4, -0.2) is 5.71 Å². The molecule has 2 aromatic heterocycles. The van der Waals surface area contributed by atoms with Gasteiger partial charge in [0.1, 0.15) is 22.3 Å². The molecular weight excluding hydrogens is 815 g/mol. The maximum absolute atomic E-state index is 6.81. The summed E-state index contributed by atoms with van der Waals surface area (Å²) in [5.74, 6) is 0. The molecule has 2 aliphatic rings. The second-order valence-electron chi connectivity index (χ2n) is 19.0. The molecule has 1 atom stereocenters. The smallest absolute Gasteiger partial charge is 0.136 e. The molecule has 316 valence electrons. The van der Waals surface area contributed by atoms with Gasteiger partial charge in [0.05, 0.1) is 11.8 Å². The second-order valence-corrected chi connectivity index (χ2v) is 19.0. The first kappa shape index (κ1) is 38.0. The molecule has 0 fully saturated rings. The third-order valence-corrected chi connectivity index (χ3v) is 14.9. The van der Waals surface area contributed by atoms with Crippen molar-refractivity contribution in [3.8, 4) is 22.3 Å². The van der Waals surface area contributed by atoms with Gasteiger partial charge in [0, 0.05) is 32.5 Å². The average molecular weight is 858 g/mol. The van der Waals surface area contributed by atoms with E-state index in [-0.39, 0.29) is 11.5 Å². The number of aliphatic imine (C=N–C) groups is 1. The topological polar surface area (TPSA) is 38.6 Å². The highest BCUT2D eigenvalue weighted by atomic mass is 16.3. The minimum absolute atomic E-state index is 0.161. The minimum atomic E-state index is -0.304. The van der Waals surface area contributed by atoms with Crippen LogP contribution in [0.25, 0.3) is 104 Å². The van der Waals surface area contributed by atoms with Gasteiger partial charge < -0.3 is 8.83 Å². The van der Waals surface area contributed by atoms with Crippen LogP contribution in [0.3, 0.4) is 0 Å². The molecule has 3 heteroatoms. The maximum atomic E-state index is 6.81. The van der Waals surface area contributed by atoms with E-state index in [9.17, 15) is 0 Å². The Morgan fingerprint density at radius 3 is 1.67 bits per heavy atom. The molecule has 14 rings (SSSR count). The number of allylic oxidation sites excluding steroid dienone is 2. The Morgan fingerprint density at radius 1 is 0.448 bits per heavy atom. The summed E-state index contributed by atoms with van der Waals surface area (Å²) >= 11 is 0. The monoisotopic (exact) mass is 857 g/mol. The number of furan rings is 2. The van der Waals surface area contributed by atoms with E-state index in [0.29, 0.717) is 6.42 Å². The summed E-state index contributed by atoms with van der Waals surface area (Å²) in [5.41, 5.74) is 17.2.